The summed E-state index contributed by atoms with van der Waals surface area (Å²) in [4.78, 5) is 31.1. The van der Waals surface area contributed by atoms with Crippen molar-refractivity contribution in [3.05, 3.63) is 40.9 Å². The Hall–Kier alpha value is -1.92. The van der Waals surface area contributed by atoms with Gasteiger partial charge < -0.3 is 10.2 Å². The van der Waals surface area contributed by atoms with Gasteiger partial charge in [0, 0.05) is 32.1 Å². The Morgan fingerprint density at radius 1 is 1.38 bits per heavy atom. The summed E-state index contributed by atoms with van der Waals surface area (Å²) >= 11 is 0. The molecule has 0 aliphatic carbocycles. The number of carbonyl (C=O) groups is 1. The lowest BCUT2D eigenvalue weighted by molar-refractivity contribution is -0.132. The van der Waals surface area contributed by atoms with Gasteiger partial charge >= 0.3 is 0 Å². The number of fused-ring (bicyclic) bond motifs is 1. The summed E-state index contributed by atoms with van der Waals surface area (Å²) in [5.74, 6) is 0.114. The van der Waals surface area contributed by atoms with Crippen LogP contribution in [0.15, 0.2) is 35.4 Å². The van der Waals surface area contributed by atoms with Crippen LogP contribution < -0.4 is 10.9 Å². The van der Waals surface area contributed by atoms with Gasteiger partial charge in [-0.05, 0) is 32.0 Å². The van der Waals surface area contributed by atoms with Crippen LogP contribution in [-0.2, 0) is 11.3 Å². The molecule has 0 saturated carbocycles. The van der Waals surface area contributed by atoms with E-state index >= 15 is 0 Å². The molecule has 1 aliphatic heterocycles. The van der Waals surface area contributed by atoms with Crippen molar-refractivity contribution in [3.8, 4) is 0 Å². The minimum atomic E-state index is -0.0865. The first-order chi connectivity index (χ1) is 11.2. The molecule has 2 aromatic rings. The summed E-state index contributed by atoms with van der Waals surface area (Å²) in [6.45, 7) is 2.01. The largest absolute Gasteiger partial charge is 0.338 e. The van der Waals surface area contributed by atoms with Crippen molar-refractivity contribution in [2.45, 2.75) is 31.8 Å². The smallest absolute Gasteiger partial charge is 0.261 e. The van der Waals surface area contributed by atoms with E-state index in [-0.39, 0.29) is 29.9 Å². The number of hydrogen-bond donors (Lipinski definition) is 1. The van der Waals surface area contributed by atoms with Gasteiger partial charge in [0.1, 0.15) is 0 Å². The van der Waals surface area contributed by atoms with Crippen LogP contribution >= 0.6 is 12.4 Å². The lowest BCUT2D eigenvalue weighted by atomic mass is 10.2. The fourth-order valence-electron chi connectivity index (χ4n) is 3.24. The molecule has 0 spiro atoms. The van der Waals surface area contributed by atoms with Gasteiger partial charge in [0.25, 0.3) is 5.56 Å². The topological polar surface area (TPSA) is 67.2 Å². The molecule has 1 aliphatic rings. The summed E-state index contributed by atoms with van der Waals surface area (Å²) in [7, 11) is 1.90. The molecule has 1 aromatic carbocycles. The van der Waals surface area contributed by atoms with Crippen LogP contribution in [-0.4, -0.2) is 46.5 Å². The molecule has 7 heteroatoms. The Balaban J connectivity index is 0.00000208. The number of nitrogens with zero attached hydrogens (tertiary/aromatic N) is 3. The zero-order valence-electron chi connectivity index (χ0n) is 13.8. The fraction of sp³-hybridized carbons (Fsp3) is 0.471. The normalized spacial score (nSPS) is 17.0. The number of nitrogens with one attached hydrogen (secondary N) is 1. The summed E-state index contributed by atoms with van der Waals surface area (Å²) in [6, 6.07) is 7.55. The van der Waals surface area contributed by atoms with Crippen LogP contribution in [0.3, 0.4) is 0 Å². The molecule has 1 aromatic heterocycles. The number of rotatable bonds is 5. The molecule has 1 N–H and O–H groups in total. The molecule has 2 heterocycles. The van der Waals surface area contributed by atoms with Crippen LogP contribution in [0.1, 0.15) is 19.3 Å². The molecule has 0 bridgehead atoms. The maximum atomic E-state index is 12.4. The van der Waals surface area contributed by atoms with Crippen LogP contribution in [0.2, 0.25) is 0 Å². The third kappa shape index (κ3) is 3.76. The number of para-hydroxylation sites is 1. The first-order valence-electron chi connectivity index (χ1n) is 8.09. The lowest BCUT2D eigenvalue weighted by Crippen LogP contribution is -2.41. The van der Waals surface area contributed by atoms with Gasteiger partial charge in [-0.2, -0.15) is 0 Å². The standard InChI is InChI=1S/C17H22N4O2.ClH/c1-18-11-13-5-4-9-21(13)16(22)8-10-20-12-19-15-7-3-2-6-14(15)17(20)23;/h2-3,6-7,12-13,18H,4-5,8-11H2,1H3;1H. The van der Waals surface area contributed by atoms with Gasteiger partial charge in [0.2, 0.25) is 5.91 Å². The molecule has 1 unspecified atom stereocenters. The molecule has 1 saturated heterocycles. The molecule has 1 amide bonds. The molecular weight excluding hydrogens is 328 g/mol. The first-order valence-corrected chi connectivity index (χ1v) is 8.09. The van der Waals surface area contributed by atoms with Crippen molar-refractivity contribution in [1.29, 1.82) is 0 Å². The van der Waals surface area contributed by atoms with Crippen LogP contribution in [0, 0.1) is 0 Å². The highest BCUT2D eigenvalue weighted by atomic mass is 35.5. The first kappa shape index (κ1) is 18.4. The highest BCUT2D eigenvalue weighted by molar-refractivity contribution is 5.85. The number of benzene rings is 1. The van der Waals surface area contributed by atoms with Crippen molar-refractivity contribution in [1.82, 2.24) is 19.8 Å². The lowest BCUT2D eigenvalue weighted by Gasteiger charge is -2.24. The van der Waals surface area contributed by atoms with E-state index in [2.05, 4.69) is 10.3 Å². The molecule has 1 atom stereocenters. The average Bonchev–Trinajstić information content (AvgIpc) is 3.03. The van der Waals surface area contributed by atoms with Crippen molar-refractivity contribution < 1.29 is 4.79 Å². The van der Waals surface area contributed by atoms with Crippen LogP contribution in [0.5, 0.6) is 0 Å². The van der Waals surface area contributed by atoms with Gasteiger partial charge in [-0.25, -0.2) is 4.98 Å². The SMILES string of the molecule is CNCC1CCCN1C(=O)CCn1cnc2ccccc2c1=O.Cl. The van der Waals surface area contributed by atoms with Crippen molar-refractivity contribution in [2.24, 2.45) is 0 Å². The van der Waals surface area contributed by atoms with Gasteiger partial charge in [0.15, 0.2) is 0 Å². The molecule has 130 valence electrons. The minimum Gasteiger partial charge on any atom is -0.338 e. The molecule has 3 rings (SSSR count). The van der Waals surface area contributed by atoms with E-state index < -0.39 is 0 Å². The Morgan fingerprint density at radius 2 is 2.17 bits per heavy atom. The van der Waals surface area contributed by atoms with E-state index in [0.717, 1.165) is 25.9 Å². The average molecular weight is 351 g/mol. The van der Waals surface area contributed by atoms with E-state index in [0.29, 0.717) is 23.9 Å². The maximum absolute atomic E-state index is 12.4. The molecule has 0 radical (unpaired) electrons. The van der Waals surface area contributed by atoms with Crippen molar-refractivity contribution in [2.75, 3.05) is 20.1 Å². The van der Waals surface area contributed by atoms with Crippen LogP contribution in [0.4, 0.5) is 0 Å². The second-order valence-corrected chi connectivity index (χ2v) is 5.95. The van der Waals surface area contributed by atoms with E-state index in [9.17, 15) is 9.59 Å². The van der Waals surface area contributed by atoms with Gasteiger partial charge in [-0.3, -0.25) is 14.2 Å². The van der Waals surface area contributed by atoms with Gasteiger partial charge in [-0.1, -0.05) is 12.1 Å². The fourth-order valence-corrected chi connectivity index (χ4v) is 3.24. The highest BCUT2D eigenvalue weighted by Gasteiger charge is 2.27. The third-order valence-corrected chi connectivity index (χ3v) is 4.44. The Bertz CT molecular complexity index is 762. The second-order valence-electron chi connectivity index (χ2n) is 5.95. The molecular formula is C17H23ClN4O2. The van der Waals surface area contributed by atoms with E-state index in [4.69, 9.17) is 0 Å². The van der Waals surface area contributed by atoms with E-state index in [1.165, 1.54) is 10.9 Å². The summed E-state index contributed by atoms with van der Waals surface area (Å²) in [5, 5.41) is 3.73. The van der Waals surface area contributed by atoms with Gasteiger partial charge in [-0.15, -0.1) is 12.4 Å². The molecule has 1 fully saturated rings. The number of carbonyl (C=O) groups excluding carboxylic acids is 1. The Kier molecular flexibility index (Phi) is 6.34. The number of amides is 1. The highest BCUT2D eigenvalue weighted by Crippen LogP contribution is 2.17. The van der Waals surface area contributed by atoms with Crippen molar-refractivity contribution >= 4 is 29.2 Å². The Morgan fingerprint density at radius 3 is 2.96 bits per heavy atom. The summed E-state index contributed by atoms with van der Waals surface area (Å²) in [6.07, 6.45) is 3.97. The second kappa shape index (κ2) is 8.26. The summed E-state index contributed by atoms with van der Waals surface area (Å²) in [5.41, 5.74) is 0.602. The Labute approximate surface area is 147 Å². The number of aryl methyl sites for hydroxylation is 1. The zero-order valence-corrected chi connectivity index (χ0v) is 14.6. The number of hydrogen-bond acceptors (Lipinski definition) is 4. The minimum absolute atomic E-state index is 0. The van der Waals surface area contributed by atoms with Gasteiger partial charge in [0.05, 0.1) is 17.2 Å². The maximum Gasteiger partial charge on any atom is 0.261 e. The molecule has 24 heavy (non-hydrogen) atoms. The van der Waals surface area contributed by atoms with E-state index in [1.54, 1.807) is 6.07 Å². The monoisotopic (exact) mass is 350 g/mol. The van der Waals surface area contributed by atoms with Crippen molar-refractivity contribution in [3.63, 3.8) is 0 Å². The summed E-state index contributed by atoms with van der Waals surface area (Å²) < 4.78 is 1.53. The van der Waals surface area contributed by atoms with E-state index in [1.807, 2.05) is 30.1 Å². The van der Waals surface area contributed by atoms with Crippen LogP contribution in [0.25, 0.3) is 10.9 Å². The number of aromatic nitrogens is 2. The predicted octanol–water partition coefficient (Wildman–Crippen LogP) is 1.42. The predicted molar refractivity (Wildman–Crippen MR) is 96.5 cm³/mol. The molecule has 6 nitrogen and oxygen atoms in total. The number of likely N-dealkylation sites (N-methyl/N-ethyl adjacent to an activating group) is 1. The number of halogens is 1. The third-order valence-electron chi connectivity index (χ3n) is 4.44. The quantitative estimate of drug-likeness (QED) is 0.885. The number of likely N-dealkylation sites (tertiary alicyclic amines) is 1. The zero-order chi connectivity index (χ0) is 16.2.